The SMILES string of the molecule is CN(C)c1cc(C2CC=CO2)c(O)c2c1C[C@H]1C[C@H]3CC(=O)C(C(N)=O)=C(O)[C@@]3(O)C(=O)C1=C2O. The van der Waals surface area contributed by atoms with E-state index >= 15 is 0 Å². The smallest absolute Gasteiger partial charge is 0.255 e. The number of nitrogens with zero attached hydrogens (tertiary/aromatic N) is 1. The van der Waals surface area contributed by atoms with Crippen molar-refractivity contribution in [3.63, 3.8) is 0 Å². The Balaban J connectivity index is 1.72. The summed E-state index contributed by atoms with van der Waals surface area (Å²) in [6.45, 7) is 0. The van der Waals surface area contributed by atoms with E-state index in [1.54, 1.807) is 6.07 Å². The van der Waals surface area contributed by atoms with Gasteiger partial charge in [0.1, 0.15) is 28.9 Å². The van der Waals surface area contributed by atoms with Gasteiger partial charge in [0.25, 0.3) is 5.91 Å². The Kier molecular flexibility index (Phi) is 4.99. The van der Waals surface area contributed by atoms with E-state index in [1.807, 2.05) is 25.1 Å². The summed E-state index contributed by atoms with van der Waals surface area (Å²) in [4.78, 5) is 39.7. The fraction of sp³-hybridized carbons (Fsp3) is 0.400. The summed E-state index contributed by atoms with van der Waals surface area (Å²) in [6.07, 6.45) is 3.38. The van der Waals surface area contributed by atoms with E-state index in [4.69, 9.17) is 10.5 Å². The maximum absolute atomic E-state index is 13.6. The molecule has 1 amide bonds. The Morgan fingerprint density at radius 2 is 1.91 bits per heavy atom. The zero-order valence-corrected chi connectivity index (χ0v) is 19.2. The summed E-state index contributed by atoms with van der Waals surface area (Å²) >= 11 is 0. The Bertz CT molecular complexity index is 1280. The molecule has 0 aromatic heterocycles. The highest BCUT2D eigenvalue weighted by Crippen LogP contribution is 2.54. The van der Waals surface area contributed by atoms with E-state index in [9.17, 15) is 34.8 Å². The summed E-state index contributed by atoms with van der Waals surface area (Å²) < 4.78 is 5.58. The van der Waals surface area contributed by atoms with E-state index in [1.165, 1.54) is 6.26 Å². The number of Topliss-reactive ketones (excluding diaryl/α,β-unsaturated/α-hetero) is 2. The van der Waals surface area contributed by atoms with Gasteiger partial charge in [-0.05, 0) is 36.5 Å². The van der Waals surface area contributed by atoms with Gasteiger partial charge in [-0.3, -0.25) is 14.4 Å². The van der Waals surface area contributed by atoms with Crippen molar-refractivity contribution in [3.05, 3.63) is 52.0 Å². The molecule has 6 N–H and O–H groups in total. The summed E-state index contributed by atoms with van der Waals surface area (Å²) in [5, 5.41) is 44.6. The molecule has 1 saturated carbocycles. The third kappa shape index (κ3) is 3.02. The zero-order valence-electron chi connectivity index (χ0n) is 19.2. The van der Waals surface area contributed by atoms with Gasteiger partial charge in [-0.25, -0.2) is 0 Å². The molecular formula is C25H26N2O8. The fourth-order valence-electron chi connectivity index (χ4n) is 5.92. The molecule has 1 aromatic carbocycles. The molecule has 0 radical (unpaired) electrons. The first-order valence-corrected chi connectivity index (χ1v) is 11.3. The standard InChI is InChI=1S/C25H26N2O8/c1-27(2)14-9-13(16-4-3-5-35-16)20(29)18-12(14)7-10-6-11-8-15(28)19(24(26)33)23(32)25(11,34)22(31)17(10)21(18)30/h3,5,9-11,16,29-30,32,34H,4,6-8H2,1-2H3,(H2,26,33)/t10-,11+,16?,25+/m1/s1. The van der Waals surface area contributed by atoms with Crippen LogP contribution in [0.25, 0.3) is 5.76 Å². The number of ether oxygens (including phenoxy) is 1. The highest BCUT2D eigenvalue weighted by Gasteiger charge is 2.60. The number of phenols is 1. The molecule has 0 saturated heterocycles. The Hall–Kier alpha value is -3.79. The van der Waals surface area contributed by atoms with Crippen LogP contribution >= 0.6 is 0 Å². The fourth-order valence-corrected chi connectivity index (χ4v) is 5.92. The van der Waals surface area contributed by atoms with Gasteiger partial charge >= 0.3 is 0 Å². The van der Waals surface area contributed by atoms with Gasteiger partial charge in [0.05, 0.1) is 11.8 Å². The molecule has 184 valence electrons. The van der Waals surface area contributed by atoms with Gasteiger partial charge in [-0.15, -0.1) is 0 Å². The highest BCUT2D eigenvalue weighted by molar-refractivity contribution is 6.22. The third-order valence-corrected chi connectivity index (χ3v) is 7.59. The first-order valence-electron chi connectivity index (χ1n) is 11.3. The number of aromatic hydroxyl groups is 1. The van der Waals surface area contributed by atoms with Crippen LogP contribution < -0.4 is 10.6 Å². The van der Waals surface area contributed by atoms with Crippen molar-refractivity contribution in [1.82, 2.24) is 0 Å². The Morgan fingerprint density at radius 3 is 2.51 bits per heavy atom. The van der Waals surface area contributed by atoms with Gasteiger partial charge in [0.15, 0.2) is 11.4 Å². The van der Waals surface area contributed by atoms with E-state index < -0.39 is 58.1 Å². The number of nitrogens with two attached hydrogens (primary N) is 1. The number of aliphatic hydroxyl groups excluding tert-OH is 2. The van der Waals surface area contributed by atoms with Crippen LogP contribution in [0.15, 0.2) is 35.3 Å². The molecule has 4 aliphatic rings. The lowest BCUT2D eigenvalue weighted by Gasteiger charge is -2.46. The molecule has 4 atom stereocenters. The quantitative estimate of drug-likeness (QED) is 0.400. The van der Waals surface area contributed by atoms with Crippen molar-refractivity contribution < 1.29 is 39.5 Å². The van der Waals surface area contributed by atoms with Gasteiger partial charge in [0.2, 0.25) is 5.78 Å². The van der Waals surface area contributed by atoms with Gasteiger partial charge in [0, 0.05) is 49.7 Å². The van der Waals surface area contributed by atoms with Gasteiger partial charge in [-0.2, -0.15) is 0 Å². The van der Waals surface area contributed by atoms with Crippen LogP contribution in [0.3, 0.4) is 0 Å². The molecule has 0 bridgehead atoms. The lowest BCUT2D eigenvalue weighted by atomic mass is 9.59. The van der Waals surface area contributed by atoms with E-state index in [0.717, 1.165) is 5.69 Å². The second kappa shape index (κ2) is 7.61. The van der Waals surface area contributed by atoms with Crippen molar-refractivity contribution in [2.45, 2.75) is 37.4 Å². The number of phenolic OH excluding ortho intramolecular Hbond substituents is 1. The van der Waals surface area contributed by atoms with Crippen LogP contribution in [-0.4, -0.2) is 57.6 Å². The number of primary amides is 1. The number of anilines is 1. The molecular weight excluding hydrogens is 456 g/mol. The van der Waals surface area contributed by atoms with Crippen LogP contribution in [0.2, 0.25) is 0 Å². The predicted molar refractivity (Wildman–Crippen MR) is 123 cm³/mol. The van der Waals surface area contributed by atoms with Crippen molar-refractivity contribution in [1.29, 1.82) is 0 Å². The monoisotopic (exact) mass is 482 g/mol. The Morgan fingerprint density at radius 1 is 1.20 bits per heavy atom. The van der Waals surface area contributed by atoms with Crippen LogP contribution in [0.4, 0.5) is 5.69 Å². The van der Waals surface area contributed by atoms with Crippen molar-refractivity contribution in [2.24, 2.45) is 17.6 Å². The lowest BCUT2D eigenvalue weighted by molar-refractivity contribution is -0.147. The minimum Gasteiger partial charge on any atom is -0.508 e. The van der Waals surface area contributed by atoms with Crippen molar-refractivity contribution in [3.8, 4) is 5.75 Å². The minimum absolute atomic E-state index is 0.0637. The molecule has 10 heteroatoms. The number of hydrogen-bond acceptors (Lipinski definition) is 9. The molecule has 1 aromatic rings. The summed E-state index contributed by atoms with van der Waals surface area (Å²) in [5.74, 6) is -6.41. The van der Waals surface area contributed by atoms with Crippen LogP contribution in [0.1, 0.15) is 42.1 Å². The van der Waals surface area contributed by atoms with Gasteiger partial charge in [-0.1, -0.05) is 0 Å². The molecule has 1 heterocycles. The summed E-state index contributed by atoms with van der Waals surface area (Å²) in [6, 6.07) is 1.79. The Labute approximate surface area is 200 Å². The normalized spacial score (nSPS) is 29.5. The molecule has 35 heavy (non-hydrogen) atoms. The predicted octanol–water partition coefficient (Wildman–Crippen LogP) is 1.46. The van der Waals surface area contributed by atoms with E-state index in [-0.39, 0.29) is 36.1 Å². The number of amides is 1. The van der Waals surface area contributed by atoms with E-state index in [0.29, 0.717) is 17.5 Å². The maximum Gasteiger partial charge on any atom is 0.255 e. The number of carbonyl (C=O) groups excluding carboxylic acids is 3. The second-order valence-corrected chi connectivity index (χ2v) is 9.72. The number of hydrogen-bond donors (Lipinski definition) is 5. The van der Waals surface area contributed by atoms with Crippen LogP contribution in [0.5, 0.6) is 5.75 Å². The minimum atomic E-state index is -2.58. The van der Waals surface area contributed by atoms with Crippen LogP contribution in [0, 0.1) is 11.8 Å². The highest BCUT2D eigenvalue weighted by atomic mass is 16.5. The third-order valence-electron chi connectivity index (χ3n) is 7.59. The zero-order chi connectivity index (χ0) is 25.4. The van der Waals surface area contributed by atoms with Crippen LogP contribution in [-0.2, 0) is 25.5 Å². The average Bonchev–Trinajstić information content (AvgIpc) is 3.30. The topological polar surface area (TPSA) is 171 Å². The molecule has 3 aliphatic carbocycles. The maximum atomic E-state index is 13.6. The molecule has 1 unspecified atom stereocenters. The summed E-state index contributed by atoms with van der Waals surface area (Å²) in [5.41, 5.74) is 3.51. The second-order valence-electron chi connectivity index (χ2n) is 9.72. The summed E-state index contributed by atoms with van der Waals surface area (Å²) in [7, 11) is 3.64. The number of fused-ring (bicyclic) bond motifs is 3. The van der Waals surface area contributed by atoms with Crippen molar-refractivity contribution >= 4 is 28.9 Å². The molecule has 5 rings (SSSR count). The first kappa shape index (κ1) is 23.0. The average molecular weight is 482 g/mol. The number of carbonyl (C=O) groups is 3. The van der Waals surface area contributed by atoms with Gasteiger partial charge < -0.3 is 35.8 Å². The molecule has 0 spiro atoms. The number of ketones is 2. The molecule has 1 fully saturated rings. The number of aliphatic hydroxyl groups is 3. The lowest BCUT2D eigenvalue weighted by Crippen LogP contribution is -2.58. The number of benzene rings is 1. The molecule has 10 nitrogen and oxygen atoms in total. The molecule has 1 aliphatic heterocycles. The number of rotatable bonds is 3. The van der Waals surface area contributed by atoms with E-state index in [2.05, 4.69) is 0 Å². The largest absolute Gasteiger partial charge is 0.508 e. The first-order chi connectivity index (χ1) is 16.5. The van der Waals surface area contributed by atoms with Crippen molar-refractivity contribution in [2.75, 3.05) is 19.0 Å².